The summed E-state index contributed by atoms with van der Waals surface area (Å²) in [6.45, 7) is 12.5. The summed E-state index contributed by atoms with van der Waals surface area (Å²) in [6.07, 6.45) is 15.7. The Balaban J connectivity index is 0.000000231. The summed E-state index contributed by atoms with van der Waals surface area (Å²) in [4.78, 5) is 34.0. The van der Waals surface area contributed by atoms with Gasteiger partial charge in [0, 0.05) is 102 Å². The molecule has 2 amide bonds. The van der Waals surface area contributed by atoms with Crippen molar-refractivity contribution in [3.63, 3.8) is 0 Å². The Kier molecular flexibility index (Phi) is 18.2. The maximum absolute atomic E-state index is 15.5. The van der Waals surface area contributed by atoms with Gasteiger partial charge < -0.3 is 30.7 Å². The number of hydrogen-bond acceptors (Lipinski definition) is 8. The molecule has 0 aliphatic carbocycles. The Hall–Kier alpha value is -4.32. The second-order valence-electron chi connectivity index (χ2n) is 16.5. The summed E-state index contributed by atoms with van der Waals surface area (Å²) in [5, 5.41) is 0.471. The van der Waals surface area contributed by atoms with Gasteiger partial charge in [0.25, 0.3) is 5.91 Å². The van der Waals surface area contributed by atoms with Gasteiger partial charge in [-0.3, -0.25) is 19.4 Å². The molecule has 2 aromatic rings. The third kappa shape index (κ3) is 13.3. The Morgan fingerprint density at radius 3 is 1.92 bits per heavy atom. The van der Waals surface area contributed by atoms with Crippen molar-refractivity contribution in [3.05, 3.63) is 101 Å². The van der Waals surface area contributed by atoms with E-state index in [-0.39, 0.29) is 48.4 Å². The average molecular weight is 867 g/mol. The van der Waals surface area contributed by atoms with Crippen LogP contribution in [0.1, 0.15) is 70.8 Å². The molecule has 0 radical (unpaired) electrons. The number of benzene rings is 2. The van der Waals surface area contributed by atoms with E-state index in [1.165, 1.54) is 24.0 Å². The van der Waals surface area contributed by atoms with Crippen molar-refractivity contribution < 1.29 is 32.2 Å². The Bertz CT molecular complexity index is 1880. The molecule has 2 aromatic carbocycles. The van der Waals surface area contributed by atoms with Gasteiger partial charge in [-0.25, -0.2) is 13.2 Å². The largest absolute Gasteiger partial charge is 0.490 e. The van der Waals surface area contributed by atoms with Gasteiger partial charge >= 0.3 is 0 Å². The first-order valence-corrected chi connectivity index (χ1v) is 22.4. The fourth-order valence-corrected chi connectivity index (χ4v) is 8.74. The number of ether oxygens (including phenoxy) is 2. The van der Waals surface area contributed by atoms with Gasteiger partial charge in [-0.15, -0.1) is 0 Å². The van der Waals surface area contributed by atoms with Crippen LogP contribution in [0.2, 0.25) is 0 Å². The highest BCUT2D eigenvalue weighted by Gasteiger charge is 2.45. The lowest BCUT2D eigenvalue weighted by molar-refractivity contribution is -0.149. The third-order valence-electron chi connectivity index (χ3n) is 12.3. The van der Waals surface area contributed by atoms with Crippen LogP contribution in [0, 0.1) is 24.5 Å². The number of nitrogens with zero attached hydrogens (tertiary/aromatic N) is 4. The fraction of sp³-hybridized carbons (Fsp3) is 0.532. The van der Waals surface area contributed by atoms with E-state index in [0.29, 0.717) is 68.1 Å². The second-order valence-corrected chi connectivity index (χ2v) is 17.1. The number of rotatable bonds is 12. The molecular formula is C47H66F3N6O4P. The van der Waals surface area contributed by atoms with Crippen LogP contribution in [0.15, 0.2) is 84.2 Å². The number of halogens is 3. The summed E-state index contributed by atoms with van der Waals surface area (Å²) in [5.74, 6) is 0.171. The predicted molar refractivity (Wildman–Crippen MR) is 240 cm³/mol. The smallest absolute Gasteiger partial charge is 0.260 e. The van der Waals surface area contributed by atoms with Gasteiger partial charge in [0.05, 0.1) is 0 Å². The molecule has 0 bridgehead atoms. The van der Waals surface area contributed by atoms with E-state index in [1.807, 2.05) is 11.8 Å². The molecule has 4 aliphatic heterocycles. The number of nitrogens with two attached hydrogens (primary N) is 2. The fourth-order valence-electron chi connectivity index (χ4n) is 8.48. The zero-order valence-corrected chi connectivity index (χ0v) is 37.3. The number of piperidine rings is 4. The normalized spacial score (nSPS) is 20.5. The van der Waals surface area contributed by atoms with Gasteiger partial charge in [0.2, 0.25) is 5.91 Å². The van der Waals surface area contributed by atoms with Crippen LogP contribution in [0.25, 0.3) is 0 Å². The zero-order chi connectivity index (χ0) is 43.9. The standard InChI is InChI=1S/C24H34FN2O2P.C23H32F2N4O2/c1-3-6-18(4-2)17-26-13-9-19(10-14-26)24(28)27-15-11-20(12-16-27)29-22-8-5-7-21(25)23(22)30;1-17-3-2-4-20(21(17)24)31-19-6-11-29(12-7-19)22(30)23(25)8-13-28(14-9-23)16-18(15-27)5-10-26/h3-8,19-20H,9-17,30H2,1-2H3;2-5,10,15,19H,6-9,11-14,16,26-27H2,1H3/b6-3-,18-4+;10-5-,18-15+. The van der Waals surface area contributed by atoms with Gasteiger partial charge in [0.15, 0.2) is 17.2 Å². The van der Waals surface area contributed by atoms with Crippen molar-refractivity contribution in [3.8, 4) is 11.5 Å². The molecular weight excluding hydrogens is 801 g/mol. The maximum Gasteiger partial charge on any atom is 0.260 e. The Labute approximate surface area is 363 Å². The number of carbonyl (C=O) groups is 2. The van der Waals surface area contributed by atoms with Crippen molar-refractivity contribution in [2.45, 2.75) is 90.0 Å². The minimum atomic E-state index is -1.84. The second kappa shape index (κ2) is 23.2. The number of carbonyl (C=O) groups excluding carboxylic acids is 2. The SMILES string of the molecule is C/C=C\C(=C/C)CN1CCC(C(=O)N2CCC(Oc3cccc(F)c3P)CC2)CC1.Cc1cccc(OC2CCN(C(=O)C3(F)CCN(CC(/C=C\N)=C/N)CC3)CC2)c1F. The molecule has 1 unspecified atom stereocenters. The highest BCUT2D eigenvalue weighted by Crippen LogP contribution is 2.32. The quantitative estimate of drug-likeness (QED) is 0.182. The molecule has 334 valence electrons. The molecule has 0 saturated carbocycles. The maximum atomic E-state index is 15.5. The summed E-state index contributed by atoms with van der Waals surface area (Å²) < 4.78 is 55.1. The highest BCUT2D eigenvalue weighted by atomic mass is 31.0. The van der Waals surface area contributed by atoms with Crippen molar-refractivity contribution in [1.29, 1.82) is 0 Å². The molecule has 10 nitrogen and oxygen atoms in total. The van der Waals surface area contributed by atoms with E-state index >= 15 is 4.39 Å². The Morgan fingerprint density at radius 1 is 0.770 bits per heavy atom. The molecule has 4 saturated heterocycles. The summed E-state index contributed by atoms with van der Waals surface area (Å²) >= 11 is 0. The molecule has 4 heterocycles. The molecule has 61 heavy (non-hydrogen) atoms. The first kappa shape index (κ1) is 47.7. The summed E-state index contributed by atoms with van der Waals surface area (Å²) in [7, 11) is 2.41. The number of allylic oxidation sites excluding steroid dienone is 2. The van der Waals surface area contributed by atoms with E-state index in [2.05, 4.69) is 44.2 Å². The van der Waals surface area contributed by atoms with E-state index in [4.69, 9.17) is 20.9 Å². The van der Waals surface area contributed by atoms with Crippen molar-refractivity contribution in [2.75, 3.05) is 65.4 Å². The predicted octanol–water partition coefficient (Wildman–Crippen LogP) is 6.55. The first-order valence-electron chi connectivity index (χ1n) is 21.8. The molecule has 4 fully saturated rings. The van der Waals surface area contributed by atoms with Gasteiger partial charge in [-0.1, -0.05) is 45.7 Å². The van der Waals surface area contributed by atoms with Gasteiger partial charge in [-0.05, 0) is 100 Å². The van der Waals surface area contributed by atoms with Crippen molar-refractivity contribution >= 4 is 26.4 Å². The molecule has 0 aromatic heterocycles. The van der Waals surface area contributed by atoms with E-state index < -0.39 is 11.6 Å². The Morgan fingerprint density at radius 2 is 1.33 bits per heavy atom. The number of alkyl halides is 1. The monoisotopic (exact) mass is 866 g/mol. The van der Waals surface area contributed by atoms with Crippen LogP contribution in [0.4, 0.5) is 13.2 Å². The minimum Gasteiger partial charge on any atom is -0.490 e. The first-order chi connectivity index (χ1) is 29.4. The van der Waals surface area contributed by atoms with Crippen molar-refractivity contribution in [1.82, 2.24) is 19.6 Å². The van der Waals surface area contributed by atoms with E-state index in [0.717, 1.165) is 64.0 Å². The highest BCUT2D eigenvalue weighted by molar-refractivity contribution is 7.27. The van der Waals surface area contributed by atoms with Crippen molar-refractivity contribution in [2.24, 2.45) is 17.4 Å². The van der Waals surface area contributed by atoms with Crippen LogP contribution < -0.4 is 26.2 Å². The number of amides is 2. The third-order valence-corrected chi connectivity index (χ3v) is 12.9. The number of hydrogen-bond donors (Lipinski definition) is 2. The lowest BCUT2D eigenvalue weighted by Crippen LogP contribution is -2.54. The van der Waals surface area contributed by atoms with Crippen LogP contribution in [-0.2, 0) is 9.59 Å². The van der Waals surface area contributed by atoms with Gasteiger partial charge in [-0.2, -0.15) is 0 Å². The summed E-state index contributed by atoms with van der Waals surface area (Å²) in [5.41, 5.74) is 11.9. The molecule has 1 atom stereocenters. The van der Waals surface area contributed by atoms with Gasteiger partial charge in [0.1, 0.15) is 23.8 Å². The lowest BCUT2D eigenvalue weighted by Gasteiger charge is -2.40. The minimum absolute atomic E-state index is 0.0304. The molecule has 0 spiro atoms. The van der Waals surface area contributed by atoms with Crippen LogP contribution in [0.3, 0.4) is 0 Å². The zero-order valence-electron chi connectivity index (χ0n) is 36.2. The number of likely N-dealkylation sites (tertiary alicyclic amines) is 4. The average Bonchev–Trinajstić information content (AvgIpc) is 3.28. The van der Waals surface area contributed by atoms with E-state index in [9.17, 15) is 18.4 Å². The number of aryl methyl sites for hydroxylation is 1. The van der Waals surface area contributed by atoms with Crippen LogP contribution >= 0.6 is 9.24 Å². The lowest BCUT2D eigenvalue weighted by atomic mass is 9.90. The molecule has 4 N–H and O–H groups in total. The van der Waals surface area contributed by atoms with E-state index in [1.54, 1.807) is 48.2 Å². The van der Waals surface area contributed by atoms with Crippen LogP contribution in [-0.4, -0.2) is 115 Å². The molecule has 4 aliphatic rings. The summed E-state index contributed by atoms with van der Waals surface area (Å²) in [6, 6.07) is 9.95. The molecule has 14 heteroatoms. The molecule has 6 rings (SSSR count). The van der Waals surface area contributed by atoms with Crippen LogP contribution in [0.5, 0.6) is 11.5 Å². The topological polar surface area (TPSA) is 118 Å².